The summed E-state index contributed by atoms with van der Waals surface area (Å²) in [5.74, 6) is 0.362. The molecule has 9 nitrogen and oxygen atoms in total. The second-order valence-corrected chi connectivity index (χ2v) is 14.9. The highest BCUT2D eigenvalue weighted by Crippen LogP contribution is 2.29. The van der Waals surface area contributed by atoms with Gasteiger partial charge in [-0.2, -0.15) is 0 Å². The molecule has 1 aliphatic rings. The van der Waals surface area contributed by atoms with Gasteiger partial charge in [-0.3, -0.25) is 4.31 Å². The number of morpholine rings is 1. The van der Waals surface area contributed by atoms with E-state index in [9.17, 15) is 18.3 Å². The van der Waals surface area contributed by atoms with Crippen molar-refractivity contribution in [3.8, 4) is 5.75 Å². The average Bonchev–Trinajstić information content (AvgIpc) is 3.08. The Morgan fingerprint density at radius 1 is 1.04 bits per heavy atom. The van der Waals surface area contributed by atoms with E-state index in [0.29, 0.717) is 49.1 Å². The van der Waals surface area contributed by atoms with Crippen molar-refractivity contribution < 1.29 is 27.8 Å². The number of ether oxygens (including phenoxy) is 2. The highest BCUT2D eigenvalue weighted by Gasteiger charge is 2.17. The lowest BCUT2D eigenvalue weighted by molar-refractivity contribution is 0.0536. The van der Waals surface area contributed by atoms with Gasteiger partial charge in [0.05, 0.1) is 25.0 Å². The summed E-state index contributed by atoms with van der Waals surface area (Å²) in [6.07, 6.45) is 16.2. The molecule has 1 fully saturated rings. The van der Waals surface area contributed by atoms with Gasteiger partial charge < -0.3 is 24.4 Å². The van der Waals surface area contributed by atoms with E-state index in [1.54, 1.807) is 25.3 Å². The first-order chi connectivity index (χ1) is 23.4. The fourth-order valence-corrected chi connectivity index (χ4v) is 6.56. The number of anilines is 1. The first-order valence-corrected chi connectivity index (χ1v) is 19.4. The molecule has 0 bridgehead atoms. The molecule has 0 spiro atoms. The van der Waals surface area contributed by atoms with Crippen LogP contribution in [-0.4, -0.2) is 82.0 Å². The fourth-order valence-electron chi connectivity index (χ4n) is 6.04. The molecule has 1 atom stereocenters. The fraction of sp³-hybridized carbons (Fsp3) is 0.513. The summed E-state index contributed by atoms with van der Waals surface area (Å²) in [6, 6.07) is 13.4. The Kier molecular flexibility index (Phi) is 16.2. The molecule has 1 N–H and O–H groups in total. The standard InChI is InChI=1S/C39H57N3O6S/c1-7-9-14-32(12-8-2)28-34-19-20-35(39(43)44)29-38(34)40(4)30-33-17-21-37(22-18-33)48-25-11-16-36(41(5)49(6,45)46)15-10-13-31(3)42-23-26-47-27-24-42/h11,13,15-22,29,32H,7-10,12,14,23-28,30H2,1-6H3,(H,43,44)/b16-11+,31-13+,36-15?. The van der Waals surface area contributed by atoms with Crippen molar-refractivity contribution in [3.05, 3.63) is 94.9 Å². The molecule has 0 aliphatic carbocycles. The van der Waals surface area contributed by atoms with Crippen molar-refractivity contribution in [3.63, 3.8) is 0 Å². The predicted octanol–water partition coefficient (Wildman–Crippen LogP) is 7.51. The number of carboxylic acids is 1. The molecule has 1 saturated heterocycles. The molecule has 1 heterocycles. The zero-order valence-electron chi connectivity index (χ0n) is 30.4. The number of aromatic carboxylic acids is 1. The van der Waals surface area contributed by atoms with Crippen LogP contribution in [0.2, 0.25) is 0 Å². The van der Waals surface area contributed by atoms with E-state index in [4.69, 9.17) is 9.47 Å². The molecule has 1 aliphatic heterocycles. The third-order valence-electron chi connectivity index (χ3n) is 9.00. The highest BCUT2D eigenvalue weighted by atomic mass is 32.2. The van der Waals surface area contributed by atoms with Crippen molar-refractivity contribution in [2.45, 2.75) is 72.3 Å². The van der Waals surface area contributed by atoms with Gasteiger partial charge in [0.25, 0.3) is 0 Å². The van der Waals surface area contributed by atoms with Crippen LogP contribution < -0.4 is 9.64 Å². The van der Waals surface area contributed by atoms with Crippen LogP contribution in [-0.2, 0) is 27.7 Å². The minimum atomic E-state index is -3.43. The molecule has 49 heavy (non-hydrogen) atoms. The first kappa shape index (κ1) is 39.7. The van der Waals surface area contributed by atoms with E-state index in [1.165, 1.54) is 41.8 Å². The number of hydrogen-bond acceptors (Lipinski definition) is 7. The van der Waals surface area contributed by atoms with Crippen LogP contribution >= 0.6 is 0 Å². The molecule has 3 rings (SSSR count). The topological polar surface area (TPSA) is 99.6 Å². The number of allylic oxidation sites excluding steroid dienone is 4. The van der Waals surface area contributed by atoms with Crippen LogP contribution in [0.4, 0.5) is 5.69 Å². The van der Waals surface area contributed by atoms with E-state index in [-0.39, 0.29) is 6.61 Å². The second kappa shape index (κ2) is 20.0. The number of sulfonamides is 1. The number of nitrogens with zero attached hydrogens (tertiary/aromatic N) is 3. The molecule has 2 aromatic carbocycles. The Labute approximate surface area is 294 Å². The van der Waals surface area contributed by atoms with Crippen LogP contribution in [0.3, 0.4) is 0 Å². The quantitative estimate of drug-likeness (QED) is 0.142. The van der Waals surface area contributed by atoms with Gasteiger partial charge in [-0.25, -0.2) is 13.2 Å². The molecule has 0 saturated carbocycles. The van der Waals surface area contributed by atoms with Crippen molar-refractivity contribution in [2.24, 2.45) is 5.92 Å². The summed E-state index contributed by atoms with van der Waals surface area (Å²) >= 11 is 0. The molecule has 0 radical (unpaired) electrons. The second-order valence-electron chi connectivity index (χ2n) is 12.9. The lowest BCUT2D eigenvalue weighted by Gasteiger charge is -2.29. The van der Waals surface area contributed by atoms with Crippen molar-refractivity contribution in [2.75, 3.05) is 58.2 Å². The Morgan fingerprint density at radius 2 is 1.76 bits per heavy atom. The number of carbonyl (C=O) groups is 1. The van der Waals surface area contributed by atoms with Crippen LogP contribution in [0, 0.1) is 5.92 Å². The number of benzene rings is 2. The first-order valence-electron chi connectivity index (χ1n) is 17.5. The summed E-state index contributed by atoms with van der Waals surface area (Å²) in [5, 5.41) is 9.69. The maximum Gasteiger partial charge on any atom is 0.335 e. The van der Waals surface area contributed by atoms with Crippen molar-refractivity contribution >= 4 is 21.7 Å². The Bertz CT molecular complexity index is 1530. The van der Waals surface area contributed by atoms with Crippen LogP contribution in [0.1, 0.15) is 80.8 Å². The zero-order chi connectivity index (χ0) is 35.8. The van der Waals surface area contributed by atoms with Crippen LogP contribution in [0.5, 0.6) is 5.75 Å². The molecular formula is C39H57N3O6S. The number of unbranched alkanes of at least 4 members (excludes halogenated alkanes) is 1. The Hall–Kier alpha value is -3.76. The van der Waals surface area contributed by atoms with Gasteiger partial charge in [0.2, 0.25) is 10.0 Å². The lowest BCUT2D eigenvalue weighted by Crippen LogP contribution is -2.34. The summed E-state index contributed by atoms with van der Waals surface area (Å²) < 4.78 is 37.3. The van der Waals surface area contributed by atoms with E-state index in [1.807, 2.05) is 49.5 Å². The molecule has 2 aromatic rings. The molecule has 270 valence electrons. The third-order valence-corrected chi connectivity index (χ3v) is 10.2. The number of rotatable bonds is 20. The molecule has 10 heteroatoms. The van der Waals surface area contributed by atoms with Gasteiger partial charge in [0.1, 0.15) is 12.4 Å². The number of hydrogen-bond donors (Lipinski definition) is 1. The SMILES string of the molecule is CCCCC(CCC)Cc1ccc(C(=O)O)cc1N(C)Cc1ccc(OC/C=C/C(=CC/C=C(\C)N2CCOCC2)N(C)S(C)(=O)=O)cc1. The number of likely N-dealkylation sites (N-methyl/N-ethyl adjacent to an activating group) is 1. The van der Waals surface area contributed by atoms with Crippen LogP contribution in [0.15, 0.2) is 78.2 Å². The van der Waals surface area contributed by atoms with Crippen molar-refractivity contribution in [1.29, 1.82) is 0 Å². The van der Waals surface area contributed by atoms with Gasteiger partial charge >= 0.3 is 5.97 Å². The average molecular weight is 696 g/mol. The zero-order valence-corrected chi connectivity index (χ0v) is 31.2. The molecule has 0 amide bonds. The van der Waals surface area contributed by atoms with E-state index >= 15 is 0 Å². The van der Waals surface area contributed by atoms with E-state index < -0.39 is 16.0 Å². The smallest absolute Gasteiger partial charge is 0.335 e. The summed E-state index contributed by atoms with van der Waals surface area (Å²) in [5.41, 5.74) is 5.25. The maximum atomic E-state index is 12.3. The van der Waals surface area contributed by atoms with Gasteiger partial charge in [0.15, 0.2) is 0 Å². The Balaban J connectivity index is 1.65. The van der Waals surface area contributed by atoms with Gasteiger partial charge in [-0.1, -0.05) is 76.3 Å². The lowest BCUT2D eigenvalue weighted by atomic mass is 9.89. The Morgan fingerprint density at radius 3 is 2.39 bits per heavy atom. The largest absolute Gasteiger partial charge is 0.490 e. The van der Waals surface area contributed by atoms with Gasteiger partial charge in [-0.05, 0) is 73.2 Å². The van der Waals surface area contributed by atoms with Crippen LogP contribution in [0.25, 0.3) is 0 Å². The normalized spacial score (nSPS) is 15.0. The maximum absolute atomic E-state index is 12.3. The predicted molar refractivity (Wildman–Crippen MR) is 200 cm³/mol. The minimum Gasteiger partial charge on any atom is -0.490 e. The molecule has 1 unspecified atom stereocenters. The van der Waals surface area contributed by atoms with E-state index in [2.05, 4.69) is 36.6 Å². The number of carboxylic acid groups (broad SMARTS) is 1. The summed E-state index contributed by atoms with van der Waals surface area (Å²) in [4.78, 5) is 16.2. The van der Waals surface area contributed by atoms with Gasteiger partial charge in [-0.15, -0.1) is 0 Å². The highest BCUT2D eigenvalue weighted by molar-refractivity contribution is 7.88. The monoisotopic (exact) mass is 695 g/mol. The molecular weight excluding hydrogens is 639 g/mol. The molecule has 0 aromatic heterocycles. The van der Waals surface area contributed by atoms with Crippen molar-refractivity contribution in [1.82, 2.24) is 9.21 Å². The minimum absolute atomic E-state index is 0.277. The van der Waals surface area contributed by atoms with Gasteiger partial charge in [0, 0.05) is 50.8 Å². The summed E-state index contributed by atoms with van der Waals surface area (Å²) in [7, 11) is 0.138. The summed E-state index contributed by atoms with van der Waals surface area (Å²) in [6.45, 7) is 10.6. The van der Waals surface area contributed by atoms with E-state index in [0.717, 1.165) is 42.9 Å². The third kappa shape index (κ3) is 13.2.